The van der Waals surface area contributed by atoms with Crippen molar-refractivity contribution in [3.8, 4) is 11.4 Å². The Morgan fingerprint density at radius 2 is 2.44 bits per heavy atom. The van der Waals surface area contributed by atoms with Gasteiger partial charge in [0.05, 0.1) is 0 Å². The molecule has 1 aliphatic heterocycles. The number of aryl methyl sites for hydroxylation is 1. The van der Waals surface area contributed by atoms with Crippen molar-refractivity contribution in [2.45, 2.75) is 31.7 Å². The minimum atomic E-state index is 0.610. The van der Waals surface area contributed by atoms with Crippen molar-refractivity contribution in [1.82, 2.24) is 20.4 Å². The summed E-state index contributed by atoms with van der Waals surface area (Å²) in [7, 11) is 0. The van der Waals surface area contributed by atoms with Gasteiger partial charge < -0.3 is 9.84 Å². The number of hydrogen-bond donors (Lipinski definition) is 1. The van der Waals surface area contributed by atoms with E-state index in [0.29, 0.717) is 17.8 Å². The summed E-state index contributed by atoms with van der Waals surface area (Å²) in [5, 5.41) is 7.45. The molecule has 0 spiro atoms. The van der Waals surface area contributed by atoms with Crippen LogP contribution in [-0.4, -0.2) is 27.7 Å². The summed E-state index contributed by atoms with van der Waals surface area (Å²) in [6, 6.07) is 4.41. The number of pyridine rings is 1. The molecule has 3 heterocycles. The van der Waals surface area contributed by atoms with Gasteiger partial charge >= 0.3 is 0 Å². The van der Waals surface area contributed by atoms with E-state index in [2.05, 4.69) is 20.4 Å². The van der Waals surface area contributed by atoms with E-state index in [1.165, 1.54) is 12.8 Å². The zero-order valence-corrected chi connectivity index (χ0v) is 10.2. The fraction of sp³-hybridized carbons (Fsp3) is 0.462. The monoisotopic (exact) mass is 244 g/mol. The smallest absolute Gasteiger partial charge is 0.227 e. The van der Waals surface area contributed by atoms with Crippen molar-refractivity contribution in [2.75, 3.05) is 6.54 Å². The number of rotatable bonds is 4. The SMILES string of the molecule is c1cncc(-c2noc(CCC3CCCN3)n2)c1. The molecule has 3 rings (SSSR count). The van der Waals surface area contributed by atoms with Crippen molar-refractivity contribution in [3.05, 3.63) is 30.4 Å². The Morgan fingerprint density at radius 3 is 3.22 bits per heavy atom. The third-order valence-corrected chi connectivity index (χ3v) is 3.26. The molecule has 1 N–H and O–H groups in total. The zero-order valence-electron chi connectivity index (χ0n) is 10.2. The van der Waals surface area contributed by atoms with Gasteiger partial charge in [0.1, 0.15) is 0 Å². The van der Waals surface area contributed by atoms with Crippen LogP contribution in [-0.2, 0) is 6.42 Å². The van der Waals surface area contributed by atoms with Crippen LogP contribution in [0.1, 0.15) is 25.2 Å². The van der Waals surface area contributed by atoms with E-state index in [1.807, 2.05) is 12.1 Å². The molecule has 18 heavy (non-hydrogen) atoms. The molecule has 0 amide bonds. The van der Waals surface area contributed by atoms with Gasteiger partial charge in [0.15, 0.2) is 0 Å². The molecule has 2 aromatic heterocycles. The van der Waals surface area contributed by atoms with Gasteiger partial charge in [0.2, 0.25) is 11.7 Å². The van der Waals surface area contributed by atoms with E-state index in [0.717, 1.165) is 24.9 Å². The second-order valence-corrected chi connectivity index (χ2v) is 4.59. The third-order valence-electron chi connectivity index (χ3n) is 3.26. The third kappa shape index (κ3) is 2.56. The molecule has 1 aliphatic rings. The molecule has 1 saturated heterocycles. The zero-order chi connectivity index (χ0) is 12.2. The lowest BCUT2D eigenvalue weighted by atomic mass is 10.1. The summed E-state index contributed by atoms with van der Waals surface area (Å²) in [5.74, 6) is 1.33. The second-order valence-electron chi connectivity index (χ2n) is 4.59. The van der Waals surface area contributed by atoms with E-state index in [4.69, 9.17) is 4.52 Å². The Balaban J connectivity index is 1.63. The minimum absolute atomic E-state index is 0.610. The summed E-state index contributed by atoms with van der Waals surface area (Å²) in [4.78, 5) is 8.44. The van der Waals surface area contributed by atoms with Crippen molar-refractivity contribution >= 4 is 0 Å². The lowest BCUT2D eigenvalue weighted by molar-refractivity contribution is 0.369. The minimum Gasteiger partial charge on any atom is -0.339 e. The standard InChI is InChI=1S/C13H16N4O/c1-3-10(9-14-7-1)13-16-12(18-17-13)6-5-11-4-2-8-15-11/h1,3,7,9,11,15H,2,4-6,8H2. The Hall–Kier alpha value is -1.75. The maximum atomic E-state index is 5.26. The molecule has 0 bridgehead atoms. The van der Waals surface area contributed by atoms with Crippen LogP contribution in [0.25, 0.3) is 11.4 Å². The van der Waals surface area contributed by atoms with E-state index >= 15 is 0 Å². The molecule has 94 valence electrons. The molecule has 1 atom stereocenters. The molecular formula is C13H16N4O. The Kier molecular flexibility index (Phi) is 3.32. The Labute approximate surface area is 106 Å². The van der Waals surface area contributed by atoms with Crippen LogP contribution < -0.4 is 5.32 Å². The highest BCUT2D eigenvalue weighted by Gasteiger charge is 2.15. The maximum absolute atomic E-state index is 5.26. The summed E-state index contributed by atoms with van der Waals surface area (Å²) in [6.45, 7) is 1.13. The van der Waals surface area contributed by atoms with Crippen LogP contribution >= 0.6 is 0 Å². The van der Waals surface area contributed by atoms with Crippen LogP contribution in [0.5, 0.6) is 0 Å². The molecule has 1 fully saturated rings. The Bertz CT molecular complexity index is 491. The number of aromatic nitrogens is 3. The first-order valence-corrected chi connectivity index (χ1v) is 6.38. The largest absolute Gasteiger partial charge is 0.339 e. The fourth-order valence-electron chi connectivity index (χ4n) is 2.27. The molecule has 2 aromatic rings. The molecule has 0 aliphatic carbocycles. The lowest BCUT2D eigenvalue weighted by Crippen LogP contribution is -2.21. The summed E-state index contributed by atoms with van der Waals surface area (Å²) >= 11 is 0. The molecule has 0 radical (unpaired) electrons. The highest BCUT2D eigenvalue weighted by molar-refractivity contribution is 5.51. The van der Waals surface area contributed by atoms with Gasteiger partial charge in [-0.2, -0.15) is 4.98 Å². The average molecular weight is 244 g/mol. The van der Waals surface area contributed by atoms with E-state index < -0.39 is 0 Å². The Morgan fingerprint density at radius 1 is 1.44 bits per heavy atom. The molecule has 5 heteroatoms. The second kappa shape index (κ2) is 5.27. The number of nitrogens with one attached hydrogen (secondary N) is 1. The first-order chi connectivity index (χ1) is 8.92. The summed E-state index contributed by atoms with van der Waals surface area (Å²) < 4.78 is 5.26. The highest BCUT2D eigenvalue weighted by Crippen LogP contribution is 2.16. The van der Waals surface area contributed by atoms with Crippen molar-refractivity contribution in [3.63, 3.8) is 0 Å². The first kappa shape index (κ1) is 11.3. The number of nitrogens with zero attached hydrogens (tertiary/aromatic N) is 3. The fourth-order valence-corrected chi connectivity index (χ4v) is 2.27. The van der Waals surface area contributed by atoms with Crippen molar-refractivity contribution in [2.24, 2.45) is 0 Å². The quantitative estimate of drug-likeness (QED) is 0.888. The van der Waals surface area contributed by atoms with Crippen LogP contribution in [0.4, 0.5) is 0 Å². The molecule has 0 aromatic carbocycles. The van der Waals surface area contributed by atoms with Gasteiger partial charge in [-0.15, -0.1) is 0 Å². The maximum Gasteiger partial charge on any atom is 0.227 e. The topological polar surface area (TPSA) is 63.8 Å². The summed E-state index contributed by atoms with van der Waals surface area (Å²) in [5.41, 5.74) is 0.895. The van der Waals surface area contributed by atoms with E-state index in [9.17, 15) is 0 Å². The normalized spacial score (nSPS) is 19.2. The number of hydrogen-bond acceptors (Lipinski definition) is 5. The van der Waals surface area contributed by atoms with Crippen LogP contribution in [0.2, 0.25) is 0 Å². The summed E-state index contributed by atoms with van der Waals surface area (Å²) in [6.07, 6.45) is 7.90. The molecular weight excluding hydrogens is 228 g/mol. The molecule has 0 saturated carbocycles. The van der Waals surface area contributed by atoms with Crippen molar-refractivity contribution in [1.29, 1.82) is 0 Å². The van der Waals surface area contributed by atoms with E-state index in [1.54, 1.807) is 12.4 Å². The van der Waals surface area contributed by atoms with Gasteiger partial charge in [-0.3, -0.25) is 4.98 Å². The van der Waals surface area contributed by atoms with Gasteiger partial charge in [0, 0.05) is 30.4 Å². The van der Waals surface area contributed by atoms with E-state index in [-0.39, 0.29) is 0 Å². The lowest BCUT2D eigenvalue weighted by Gasteiger charge is -2.06. The van der Waals surface area contributed by atoms with Gasteiger partial charge in [-0.25, -0.2) is 0 Å². The van der Waals surface area contributed by atoms with Crippen LogP contribution in [0, 0.1) is 0 Å². The van der Waals surface area contributed by atoms with Crippen LogP contribution in [0.15, 0.2) is 29.0 Å². The molecule has 1 unspecified atom stereocenters. The predicted octanol–water partition coefficient (Wildman–Crippen LogP) is 1.82. The molecule has 5 nitrogen and oxygen atoms in total. The van der Waals surface area contributed by atoms with Gasteiger partial charge in [-0.1, -0.05) is 5.16 Å². The predicted molar refractivity (Wildman–Crippen MR) is 66.9 cm³/mol. The van der Waals surface area contributed by atoms with Crippen molar-refractivity contribution < 1.29 is 4.52 Å². The van der Waals surface area contributed by atoms with Gasteiger partial charge in [-0.05, 0) is 37.9 Å². The van der Waals surface area contributed by atoms with Crippen LogP contribution in [0.3, 0.4) is 0 Å². The van der Waals surface area contributed by atoms with Gasteiger partial charge in [0.25, 0.3) is 0 Å². The first-order valence-electron chi connectivity index (χ1n) is 6.38. The highest BCUT2D eigenvalue weighted by atomic mass is 16.5. The average Bonchev–Trinajstić information content (AvgIpc) is 3.09.